The molecule has 0 amide bonds. The fourth-order valence-corrected chi connectivity index (χ4v) is 2.75. The molecule has 2 heterocycles. The van der Waals surface area contributed by atoms with E-state index in [1.807, 2.05) is 24.3 Å². The average Bonchev–Trinajstić information content (AvgIpc) is 2.99. The molecule has 0 atom stereocenters. The minimum absolute atomic E-state index is 0.118. The predicted molar refractivity (Wildman–Crippen MR) is 92.0 cm³/mol. The minimum Gasteiger partial charge on any atom is -0.394 e. The zero-order valence-electron chi connectivity index (χ0n) is 12.5. The van der Waals surface area contributed by atoms with Gasteiger partial charge in [-0.2, -0.15) is 0 Å². The van der Waals surface area contributed by atoms with Crippen molar-refractivity contribution in [1.82, 2.24) is 15.2 Å². The van der Waals surface area contributed by atoms with E-state index in [0.717, 1.165) is 10.9 Å². The standard InChI is InChI=1S/C18H12N4O2/c19-16-15(11-6-2-4-8-13(11)21-22-18(16)24)17(23)14-9-10-5-1-3-7-12(10)20-14/h1-9,20H,(H2,19,22,24). The van der Waals surface area contributed by atoms with Crippen LogP contribution in [-0.4, -0.2) is 21.0 Å². The lowest BCUT2D eigenvalue weighted by Gasteiger charge is -2.02. The van der Waals surface area contributed by atoms with E-state index in [1.165, 1.54) is 0 Å². The predicted octanol–water partition coefficient (Wildman–Crippen LogP) is 2.28. The van der Waals surface area contributed by atoms with Crippen LogP contribution < -0.4 is 11.3 Å². The summed E-state index contributed by atoms with van der Waals surface area (Å²) >= 11 is 0. The number of nitrogens with two attached hydrogens (primary N) is 1. The number of carbonyl (C=O) groups is 1. The number of rotatable bonds is 2. The van der Waals surface area contributed by atoms with Gasteiger partial charge in [-0.15, -0.1) is 10.2 Å². The molecule has 3 N–H and O–H groups in total. The second kappa shape index (κ2) is 5.27. The van der Waals surface area contributed by atoms with Gasteiger partial charge in [0, 0.05) is 16.3 Å². The van der Waals surface area contributed by atoms with E-state index in [2.05, 4.69) is 15.2 Å². The maximum absolute atomic E-state index is 13.0. The highest BCUT2D eigenvalue weighted by molar-refractivity contribution is 6.19. The van der Waals surface area contributed by atoms with Gasteiger partial charge in [-0.3, -0.25) is 9.59 Å². The molecule has 0 fully saturated rings. The number of ketones is 1. The van der Waals surface area contributed by atoms with Crippen molar-refractivity contribution in [1.29, 1.82) is 0 Å². The van der Waals surface area contributed by atoms with Crippen molar-refractivity contribution in [2.45, 2.75) is 0 Å². The molecule has 2 aromatic carbocycles. The van der Waals surface area contributed by atoms with E-state index in [-0.39, 0.29) is 17.0 Å². The number of aromatic amines is 1. The van der Waals surface area contributed by atoms with E-state index in [0.29, 0.717) is 16.6 Å². The third kappa shape index (κ3) is 2.13. The number of nitrogen functional groups attached to an aromatic ring is 1. The number of hydrogen-bond acceptors (Lipinski definition) is 5. The number of para-hydroxylation sites is 1. The molecule has 0 unspecified atom stereocenters. The van der Waals surface area contributed by atoms with Crippen LogP contribution in [0, 0.1) is 0 Å². The summed E-state index contributed by atoms with van der Waals surface area (Å²) in [6, 6.07) is 16.2. The Kier molecular flexibility index (Phi) is 3.09. The number of nitrogens with zero attached hydrogens (tertiary/aromatic N) is 2. The minimum atomic E-state index is -0.717. The molecule has 6 heteroatoms. The lowest BCUT2D eigenvalue weighted by atomic mass is 10.0. The molecule has 0 saturated carbocycles. The fourth-order valence-electron chi connectivity index (χ4n) is 2.75. The summed E-state index contributed by atoms with van der Waals surface area (Å²) in [5.41, 5.74) is 6.74. The maximum Gasteiger partial charge on any atom is 0.312 e. The van der Waals surface area contributed by atoms with Crippen molar-refractivity contribution in [3.8, 4) is 0 Å². The molecular formula is C18H12N4O2. The van der Waals surface area contributed by atoms with E-state index in [1.54, 1.807) is 30.3 Å². The molecule has 6 nitrogen and oxygen atoms in total. The molecule has 0 bridgehead atoms. The average molecular weight is 316 g/mol. The van der Waals surface area contributed by atoms with E-state index in [4.69, 9.17) is 5.73 Å². The number of fused-ring (bicyclic) bond motifs is 2. The Morgan fingerprint density at radius 1 is 1.00 bits per heavy atom. The molecule has 4 rings (SSSR count). The Labute approximate surface area is 136 Å². The third-order valence-electron chi connectivity index (χ3n) is 3.92. The number of H-pyrrole nitrogens is 1. The second-order valence-electron chi connectivity index (χ2n) is 5.41. The number of benzene rings is 2. The zero-order chi connectivity index (χ0) is 16.7. The van der Waals surface area contributed by atoms with Crippen molar-refractivity contribution >= 4 is 33.3 Å². The van der Waals surface area contributed by atoms with Crippen LogP contribution in [0.1, 0.15) is 16.1 Å². The molecule has 0 saturated heterocycles. The first-order valence-corrected chi connectivity index (χ1v) is 7.33. The highest BCUT2D eigenvalue weighted by Gasteiger charge is 2.19. The van der Waals surface area contributed by atoms with Gasteiger partial charge in [-0.05, 0) is 18.2 Å². The second-order valence-corrected chi connectivity index (χ2v) is 5.41. The highest BCUT2D eigenvalue weighted by Crippen LogP contribution is 2.23. The fraction of sp³-hybridized carbons (Fsp3) is 0. The van der Waals surface area contributed by atoms with Crippen LogP contribution in [0.4, 0.5) is 5.69 Å². The first kappa shape index (κ1) is 14.1. The monoisotopic (exact) mass is 316 g/mol. The molecular weight excluding hydrogens is 304 g/mol. The zero-order valence-corrected chi connectivity index (χ0v) is 12.5. The van der Waals surface area contributed by atoms with Gasteiger partial charge < -0.3 is 10.7 Å². The molecule has 0 spiro atoms. The van der Waals surface area contributed by atoms with Crippen LogP contribution in [0.5, 0.6) is 0 Å². The Morgan fingerprint density at radius 2 is 1.75 bits per heavy atom. The van der Waals surface area contributed by atoms with Gasteiger partial charge in [0.1, 0.15) is 5.69 Å². The van der Waals surface area contributed by atoms with Crippen LogP contribution in [-0.2, 0) is 0 Å². The van der Waals surface area contributed by atoms with Crippen LogP contribution in [0.3, 0.4) is 0 Å². The maximum atomic E-state index is 13.0. The van der Waals surface area contributed by atoms with Gasteiger partial charge in [0.05, 0.1) is 16.8 Å². The third-order valence-corrected chi connectivity index (χ3v) is 3.92. The lowest BCUT2D eigenvalue weighted by molar-refractivity contribution is 0.103. The van der Waals surface area contributed by atoms with Gasteiger partial charge >= 0.3 is 5.56 Å². The summed E-state index contributed by atoms with van der Waals surface area (Å²) in [5.74, 6) is -0.364. The van der Waals surface area contributed by atoms with Gasteiger partial charge in [0.25, 0.3) is 0 Å². The Balaban J connectivity index is 2.03. The van der Waals surface area contributed by atoms with E-state index >= 15 is 0 Å². The van der Waals surface area contributed by atoms with Gasteiger partial charge in [0.2, 0.25) is 5.78 Å². The number of hydrogen-bond donors (Lipinski definition) is 2. The summed E-state index contributed by atoms with van der Waals surface area (Å²) in [7, 11) is 0. The first-order valence-electron chi connectivity index (χ1n) is 7.33. The summed E-state index contributed by atoms with van der Waals surface area (Å²) in [4.78, 5) is 28.1. The summed E-state index contributed by atoms with van der Waals surface area (Å²) < 4.78 is 0. The topological polar surface area (TPSA) is 102 Å². The van der Waals surface area contributed by atoms with Gasteiger partial charge in [-0.1, -0.05) is 36.4 Å². The Hall–Kier alpha value is -3.54. The lowest BCUT2D eigenvalue weighted by Crippen LogP contribution is -2.14. The molecule has 116 valence electrons. The van der Waals surface area contributed by atoms with Gasteiger partial charge in [0.15, 0.2) is 0 Å². The molecule has 4 aromatic rings. The summed E-state index contributed by atoms with van der Waals surface area (Å²) in [5, 5.41) is 8.83. The number of nitrogens with one attached hydrogen (secondary N) is 1. The Morgan fingerprint density at radius 3 is 2.58 bits per heavy atom. The quantitative estimate of drug-likeness (QED) is 0.552. The normalized spacial score (nSPS) is 11.0. The molecule has 0 aliphatic heterocycles. The van der Waals surface area contributed by atoms with Crippen LogP contribution in [0.15, 0.2) is 59.4 Å². The molecule has 2 aromatic heterocycles. The van der Waals surface area contributed by atoms with Crippen LogP contribution in [0.2, 0.25) is 0 Å². The first-order chi connectivity index (χ1) is 11.6. The van der Waals surface area contributed by atoms with E-state index < -0.39 is 5.56 Å². The largest absolute Gasteiger partial charge is 0.394 e. The van der Waals surface area contributed by atoms with Crippen molar-refractivity contribution in [3.05, 3.63) is 76.2 Å². The molecule has 0 aliphatic carbocycles. The summed E-state index contributed by atoms with van der Waals surface area (Å²) in [6.07, 6.45) is 0. The number of carbonyl (C=O) groups excluding carboxylic acids is 1. The number of aromatic nitrogens is 3. The van der Waals surface area contributed by atoms with Crippen molar-refractivity contribution < 1.29 is 4.79 Å². The van der Waals surface area contributed by atoms with Crippen molar-refractivity contribution in [2.24, 2.45) is 0 Å². The van der Waals surface area contributed by atoms with Crippen molar-refractivity contribution in [3.63, 3.8) is 0 Å². The summed E-state index contributed by atoms with van der Waals surface area (Å²) in [6.45, 7) is 0. The van der Waals surface area contributed by atoms with E-state index in [9.17, 15) is 9.59 Å². The smallest absolute Gasteiger partial charge is 0.312 e. The SMILES string of the molecule is Nc1c(C(=O)c2cc3ccccc3[nH]2)c2ccccc2nnc1=O. The van der Waals surface area contributed by atoms with Crippen molar-refractivity contribution in [2.75, 3.05) is 5.73 Å². The van der Waals surface area contributed by atoms with Crippen LogP contribution >= 0.6 is 0 Å². The highest BCUT2D eigenvalue weighted by atomic mass is 16.1. The molecule has 0 radical (unpaired) electrons. The Bertz CT molecular complexity index is 1130. The van der Waals surface area contributed by atoms with Gasteiger partial charge in [-0.25, -0.2) is 0 Å². The molecule has 0 aliphatic rings. The van der Waals surface area contributed by atoms with Crippen LogP contribution in [0.25, 0.3) is 21.8 Å². The number of anilines is 1. The molecule has 24 heavy (non-hydrogen) atoms.